The Morgan fingerprint density at radius 2 is 2.11 bits per heavy atom. The summed E-state index contributed by atoms with van der Waals surface area (Å²) in [6.45, 7) is 0. The fourth-order valence-electron chi connectivity index (χ4n) is 2.06. The minimum absolute atomic E-state index is 0.0623. The minimum Gasteiger partial charge on any atom is -0.482 e. The normalized spacial score (nSPS) is 16.6. The van der Waals surface area contributed by atoms with Gasteiger partial charge in [0.05, 0.1) is 18.0 Å². The molecule has 0 heterocycles. The average molecular weight is 335 g/mol. The summed E-state index contributed by atoms with van der Waals surface area (Å²) in [6.07, 6.45) is 2.25. The van der Waals surface area contributed by atoms with Crippen molar-refractivity contribution >= 4 is 21.9 Å². The molecule has 3 nitrogen and oxygen atoms in total. The van der Waals surface area contributed by atoms with E-state index in [-0.39, 0.29) is 16.6 Å². The van der Waals surface area contributed by atoms with Gasteiger partial charge in [-0.05, 0) is 41.3 Å². The van der Waals surface area contributed by atoms with Gasteiger partial charge < -0.3 is 9.47 Å². The second kappa shape index (κ2) is 5.45. The molecule has 0 unspecified atom stereocenters. The summed E-state index contributed by atoms with van der Waals surface area (Å²) in [4.78, 5) is 11.4. The topological polar surface area (TPSA) is 35.5 Å². The molecule has 0 amide bonds. The smallest absolute Gasteiger partial charge is 0.309 e. The molecular formula is C13H13BrF2O3. The van der Waals surface area contributed by atoms with E-state index in [1.165, 1.54) is 7.11 Å². The van der Waals surface area contributed by atoms with Crippen LogP contribution in [0.4, 0.5) is 8.78 Å². The third-order valence-electron chi connectivity index (χ3n) is 3.24. The molecule has 1 aliphatic carbocycles. The monoisotopic (exact) mass is 334 g/mol. The lowest BCUT2D eigenvalue weighted by molar-refractivity contribution is -0.148. The van der Waals surface area contributed by atoms with Gasteiger partial charge in [0.15, 0.2) is 11.6 Å². The average Bonchev–Trinajstić information content (AvgIpc) is 2.29. The Labute approximate surface area is 118 Å². The zero-order valence-corrected chi connectivity index (χ0v) is 11.9. The molecule has 19 heavy (non-hydrogen) atoms. The standard InChI is InChI=1S/C13H13BrF2O3/c1-18-11(17)7-13(3-2-4-13)19-12-9(14)5-8(15)6-10(12)16/h5-6H,2-4,7H2,1H3. The van der Waals surface area contributed by atoms with Gasteiger partial charge in [0.25, 0.3) is 0 Å². The van der Waals surface area contributed by atoms with Crippen LogP contribution in [0, 0.1) is 11.6 Å². The molecule has 0 aliphatic heterocycles. The fraction of sp³-hybridized carbons (Fsp3) is 0.462. The van der Waals surface area contributed by atoms with Crippen molar-refractivity contribution in [2.75, 3.05) is 7.11 Å². The molecule has 1 aromatic carbocycles. The summed E-state index contributed by atoms with van der Waals surface area (Å²) >= 11 is 3.07. The molecule has 0 bridgehead atoms. The van der Waals surface area contributed by atoms with Gasteiger partial charge >= 0.3 is 5.97 Å². The van der Waals surface area contributed by atoms with Crippen LogP contribution in [0.15, 0.2) is 16.6 Å². The Balaban J connectivity index is 2.21. The molecule has 0 radical (unpaired) electrons. The molecule has 0 saturated heterocycles. The van der Waals surface area contributed by atoms with E-state index < -0.39 is 23.2 Å². The molecule has 0 aromatic heterocycles. The summed E-state index contributed by atoms with van der Waals surface area (Å²) in [5.74, 6) is -1.95. The molecule has 0 N–H and O–H groups in total. The quantitative estimate of drug-likeness (QED) is 0.789. The van der Waals surface area contributed by atoms with Crippen LogP contribution in [0.3, 0.4) is 0 Å². The number of benzene rings is 1. The lowest BCUT2D eigenvalue weighted by Crippen LogP contribution is -2.45. The highest BCUT2D eigenvalue weighted by Gasteiger charge is 2.42. The summed E-state index contributed by atoms with van der Waals surface area (Å²) in [5.41, 5.74) is -0.742. The number of methoxy groups -OCH3 is 1. The van der Waals surface area contributed by atoms with E-state index in [4.69, 9.17) is 4.74 Å². The van der Waals surface area contributed by atoms with Crippen molar-refractivity contribution in [2.45, 2.75) is 31.3 Å². The van der Waals surface area contributed by atoms with Gasteiger partial charge in [0.2, 0.25) is 0 Å². The van der Waals surface area contributed by atoms with Crippen molar-refractivity contribution in [2.24, 2.45) is 0 Å². The van der Waals surface area contributed by atoms with Gasteiger partial charge in [0.1, 0.15) is 11.4 Å². The molecule has 1 saturated carbocycles. The molecule has 1 aromatic rings. The number of rotatable bonds is 4. The maximum Gasteiger partial charge on any atom is 0.309 e. The van der Waals surface area contributed by atoms with Crippen LogP contribution >= 0.6 is 15.9 Å². The first-order valence-electron chi connectivity index (χ1n) is 5.86. The first kappa shape index (κ1) is 14.2. The summed E-state index contributed by atoms with van der Waals surface area (Å²) < 4.78 is 37.2. The maximum atomic E-state index is 13.7. The molecular weight excluding hydrogens is 322 g/mol. The molecule has 6 heteroatoms. The first-order chi connectivity index (χ1) is 8.96. The van der Waals surface area contributed by atoms with E-state index in [9.17, 15) is 13.6 Å². The third-order valence-corrected chi connectivity index (χ3v) is 3.83. The number of ether oxygens (including phenoxy) is 2. The fourth-order valence-corrected chi connectivity index (χ4v) is 2.55. The number of carbonyl (C=O) groups is 1. The molecule has 0 atom stereocenters. The zero-order valence-electron chi connectivity index (χ0n) is 10.3. The first-order valence-corrected chi connectivity index (χ1v) is 6.65. The van der Waals surface area contributed by atoms with Gasteiger partial charge in [-0.1, -0.05) is 0 Å². The number of carbonyl (C=O) groups excluding carboxylic acids is 1. The van der Waals surface area contributed by atoms with E-state index >= 15 is 0 Å². The van der Waals surface area contributed by atoms with Crippen molar-refractivity contribution < 1.29 is 23.0 Å². The minimum atomic E-state index is -0.789. The highest BCUT2D eigenvalue weighted by Crippen LogP contribution is 2.42. The number of esters is 1. The van der Waals surface area contributed by atoms with Crippen molar-refractivity contribution in [3.63, 3.8) is 0 Å². The largest absolute Gasteiger partial charge is 0.482 e. The summed E-state index contributed by atoms with van der Waals surface area (Å²) in [6, 6.07) is 1.88. The van der Waals surface area contributed by atoms with Crippen LogP contribution in [0.2, 0.25) is 0 Å². The Kier molecular flexibility index (Phi) is 4.08. The lowest BCUT2D eigenvalue weighted by Gasteiger charge is -2.41. The highest BCUT2D eigenvalue weighted by atomic mass is 79.9. The van der Waals surface area contributed by atoms with Crippen molar-refractivity contribution in [3.05, 3.63) is 28.2 Å². The number of hydrogen-bond donors (Lipinski definition) is 0. The van der Waals surface area contributed by atoms with E-state index in [0.29, 0.717) is 12.8 Å². The van der Waals surface area contributed by atoms with Crippen molar-refractivity contribution in [1.29, 1.82) is 0 Å². The van der Waals surface area contributed by atoms with Crippen LogP contribution in [-0.2, 0) is 9.53 Å². The van der Waals surface area contributed by atoms with Gasteiger partial charge in [-0.3, -0.25) is 4.79 Å². The molecule has 1 aliphatic rings. The Hall–Kier alpha value is -1.17. The Bertz CT molecular complexity index is 478. The van der Waals surface area contributed by atoms with E-state index in [0.717, 1.165) is 18.6 Å². The second-order valence-corrected chi connectivity index (χ2v) is 5.44. The molecule has 104 valence electrons. The molecule has 0 spiro atoms. The van der Waals surface area contributed by atoms with Crippen LogP contribution in [0.25, 0.3) is 0 Å². The summed E-state index contributed by atoms with van der Waals surface area (Å²) in [5, 5.41) is 0. The predicted octanol–water partition coefficient (Wildman–Crippen LogP) is 3.59. The van der Waals surface area contributed by atoms with Crippen LogP contribution < -0.4 is 4.74 Å². The molecule has 1 fully saturated rings. The SMILES string of the molecule is COC(=O)CC1(Oc2c(F)cc(F)cc2Br)CCC1. The zero-order chi connectivity index (χ0) is 14.0. The van der Waals surface area contributed by atoms with Crippen LogP contribution in [0.5, 0.6) is 5.75 Å². The van der Waals surface area contributed by atoms with Crippen molar-refractivity contribution in [1.82, 2.24) is 0 Å². The van der Waals surface area contributed by atoms with Crippen LogP contribution in [0.1, 0.15) is 25.7 Å². The van der Waals surface area contributed by atoms with Gasteiger partial charge in [0, 0.05) is 6.07 Å². The lowest BCUT2D eigenvalue weighted by atomic mass is 9.77. The maximum absolute atomic E-state index is 13.7. The van der Waals surface area contributed by atoms with Gasteiger partial charge in [-0.15, -0.1) is 0 Å². The Morgan fingerprint density at radius 3 is 2.58 bits per heavy atom. The summed E-state index contributed by atoms with van der Waals surface area (Å²) in [7, 11) is 1.29. The number of halogens is 3. The third kappa shape index (κ3) is 3.05. The van der Waals surface area contributed by atoms with E-state index in [1.54, 1.807) is 0 Å². The van der Waals surface area contributed by atoms with Crippen molar-refractivity contribution in [3.8, 4) is 5.75 Å². The van der Waals surface area contributed by atoms with Gasteiger partial charge in [-0.25, -0.2) is 8.78 Å². The Morgan fingerprint density at radius 1 is 1.42 bits per heavy atom. The second-order valence-electron chi connectivity index (χ2n) is 4.59. The predicted molar refractivity (Wildman–Crippen MR) is 67.9 cm³/mol. The molecule has 2 rings (SSSR count). The van der Waals surface area contributed by atoms with Crippen LogP contribution in [-0.4, -0.2) is 18.7 Å². The van der Waals surface area contributed by atoms with E-state index in [2.05, 4.69) is 20.7 Å². The van der Waals surface area contributed by atoms with Gasteiger partial charge in [-0.2, -0.15) is 0 Å². The number of hydrogen-bond acceptors (Lipinski definition) is 3. The van der Waals surface area contributed by atoms with E-state index in [1.807, 2.05) is 0 Å². The highest BCUT2D eigenvalue weighted by molar-refractivity contribution is 9.10.